The first-order valence-electron chi connectivity index (χ1n) is 14.7. The molecule has 0 unspecified atom stereocenters. The molecule has 0 saturated carbocycles. The maximum atomic E-state index is 11.8. The van der Waals surface area contributed by atoms with Gasteiger partial charge >= 0.3 is 17.9 Å². The molecule has 0 N–H and O–H groups in total. The Morgan fingerprint density at radius 2 is 1.45 bits per heavy atom. The van der Waals surface area contributed by atoms with Crippen molar-refractivity contribution in [3.05, 3.63) is 108 Å². The van der Waals surface area contributed by atoms with Crippen molar-refractivity contribution in [3.63, 3.8) is 0 Å². The quantitative estimate of drug-likeness (QED) is 0.0517. The highest BCUT2D eigenvalue weighted by atomic mass is 16.5. The lowest BCUT2D eigenvalue weighted by atomic mass is 9.97. The van der Waals surface area contributed by atoms with Gasteiger partial charge in [0.2, 0.25) is 0 Å². The van der Waals surface area contributed by atoms with Crippen molar-refractivity contribution in [1.82, 2.24) is 0 Å². The second-order valence-electron chi connectivity index (χ2n) is 10.1. The molecule has 0 aliphatic heterocycles. The monoisotopic (exact) mass is 596 g/mol. The summed E-state index contributed by atoms with van der Waals surface area (Å²) in [6.07, 6.45) is 9.52. The molecule has 7 nitrogen and oxygen atoms in total. The van der Waals surface area contributed by atoms with E-state index in [2.05, 4.69) is 61.2 Å². The Kier molecular flexibility index (Phi) is 13.7. The van der Waals surface area contributed by atoms with Crippen LogP contribution in [0.15, 0.2) is 91.5 Å². The van der Waals surface area contributed by atoms with E-state index in [1.807, 2.05) is 30.3 Å². The predicted octanol–water partition coefficient (Wildman–Crippen LogP) is 7.78. The Bertz CT molecular complexity index is 1450. The number of hydrogen-bond donors (Lipinski definition) is 0. The zero-order valence-electron chi connectivity index (χ0n) is 25.5. The number of benzene rings is 3. The molecule has 0 bridgehead atoms. The minimum Gasteiger partial charge on any atom is -0.494 e. The molecule has 0 amide bonds. The molecule has 7 heteroatoms. The Morgan fingerprint density at radius 1 is 0.795 bits per heavy atom. The summed E-state index contributed by atoms with van der Waals surface area (Å²) >= 11 is 0. The third-order valence-electron chi connectivity index (χ3n) is 6.85. The summed E-state index contributed by atoms with van der Waals surface area (Å²) in [6, 6.07) is 21.9. The van der Waals surface area contributed by atoms with Gasteiger partial charge in [-0.2, -0.15) is 0 Å². The van der Waals surface area contributed by atoms with Crippen LogP contribution < -0.4 is 9.47 Å². The van der Waals surface area contributed by atoms with Crippen LogP contribution in [0.4, 0.5) is 0 Å². The minimum atomic E-state index is -0.560. The van der Waals surface area contributed by atoms with Crippen molar-refractivity contribution >= 4 is 30.1 Å². The summed E-state index contributed by atoms with van der Waals surface area (Å²) in [6.45, 7) is 10.0. The Morgan fingerprint density at radius 3 is 2.11 bits per heavy atom. The minimum absolute atomic E-state index is 0.0994. The third-order valence-corrected chi connectivity index (χ3v) is 6.85. The van der Waals surface area contributed by atoms with Crippen LogP contribution in [0.2, 0.25) is 0 Å². The first kappa shape index (κ1) is 33.6. The molecular formula is C37H40O7. The molecule has 0 aliphatic carbocycles. The molecule has 0 heterocycles. The number of carbonyl (C=O) groups is 3. The molecule has 0 radical (unpaired) electrons. The maximum absolute atomic E-state index is 11.8. The summed E-state index contributed by atoms with van der Waals surface area (Å²) in [5, 5.41) is 0. The van der Waals surface area contributed by atoms with Gasteiger partial charge in [-0.1, -0.05) is 74.7 Å². The number of aryl methyl sites for hydroxylation is 1. The fourth-order valence-electron chi connectivity index (χ4n) is 4.32. The molecule has 0 aromatic heterocycles. The van der Waals surface area contributed by atoms with Gasteiger partial charge in [-0.3, -0.25) is 4.79 Å². The van der Waals surface area contributed by atoms with E-state index in [0.717, 1.165) is 66.2 Å². The molecule has 0 fully saturated rings. The number of methoxy groups -OCH3 is 1. The predicted molar refractivity (Wildman–Crippen MR) is 173 cm³/mol. The summed E-state index contributed by atoms with van der Waals surface area (Å²) in [7, 11) is 1.26. The molecule has 0 saturated heterocycles. The Hall–Kier alpha value is -4.91. The topological polar surface area (TPSA) is 88.1 Å². The molecule has 0 spiro atoms. The van der Waals surface area contributed by atoms with Gasteiger partial charge < -0.3 is 18.9 Å². The lowest BCUT2D eigenvalue weighted by Gasteiger charge is -2.10. The first-order valence-corrected chi connectivity index (χ1v) is 14.7. The molecule has 230 valence electrons. The van der Waals surface area contributed by atoms with E-state index in [-0.39, 0.29) is 12.0 Å². The van der Waals surface area contributed by atoms with E-state index >= 15 is 0 Å². The van der Waals surface area contributed by atoms with Gasteiger partial charge in [0.05, 0.1) is 26.7 Å². The second kappa shape index (κ2) is 17.9. The first-order chi connectivity index (χ1) is 21.3. The van der Waals surface area contributed by atoms with Crippen LogP contribution in [-0.4, -0.2) is 38.2 Å². The van der Waals surface area contributed by atoms with Crippen molar-refractivity contribution in [2.45, 2.75) is 45.4 Å². The van der Waals surface area contributed by atoms with Gasteiger partial charge in [0.1, 0.15) is 11.5 Å². The molecule has 0 atom stereocenters. The number of rotatable bonds is 17. The number of esters is 3. The van der Waals surface area contributed by atoms with Crippen LogP contribution in [0.1, 0.15) is 55.7 Å². The van der Waals surface area contributed by atoms with Crippen molar-refractivity contribution in [2.75, 3.05) is 20.3 Å². The van der Waals surface area contributed by atoms with Crippen molar-refractivity contribution in [3.8, 4) is 22.6 Å². The summed E-state index contributed by atoms with van der Waals surface area (Å²) in [5.74, 6) is -0.240. The molecule has 3 aromatic carbocycles. The van der Waals surface area contributed by atoms with E-state index in [4.69, 9.17) is 14.2 Å². The SMILES string of the molecule is C=CC(=O)Oc1ccc(/C=C/c2ccc(-c3ccc(OCCCCCCOC(=O)C(=C)CC(=O)OC)cc3)cc2CC)cc1. The fourth-order valence-corrected chi connectivity index (χ4v) is 4.32. The third kappa shape index (κ3) is 11.1. The van der Waals surface area contributed by atoms with Gasteiger partial charge in [-0.25, -0.2) is 9.59 Å². The molecule has 3 rings (SSSR count). The van der Waals surface area contributed by atoms with Crippen LogP contribution in [0.5, 0.6) is 11.5 Å². The zero-order chi connectivity index (χ0) is 31.7. The van der Waals surface area contributed by atoms with E-state index in [1.165, 1.54) is 12.7 Å². The van der Waals surface area contributed by atoms with Crippen LogP contribution in [-0.2, 0) is 30.3 Å². The van der Waals surface area contributed by atoms with E-state index in [0.29, 0.717) is 19.0 Å². The summed E-state index contributed by atoms with van der Waals surface area (Å²) in [4.78, 5) is 34.4. The largest absolute Gasteiger partial charge is 0.494 e. The summed E-state index contributed by atoms with van der Waals surface area (Å²) < 4.78 is 20.7. The number of carbonyl (C=O) groups excluding carboxylic acids is 3. The number of hydrogen-bond acceptors (Lipinski definition) is 7. The lowest BCUT2D eigenvalue weighted by Crippen LogP contribution is -2.12. The van der Waals surface area contributed by atoms with Gasteiger partial charge in [0.15, 0.2) is 0 Å². The smallest absolute Gasteiger partial charge is 0.335 e. The van der Waals surface area contributed by atoms with Gasteiger partial charge in [0, 0.05) is 11.6 Å². The molecular weight excluding hydrogens is 556 g/mol. The number of unbranched alkanes of at least 4 members (excludes halogenated alkanes) is 3. The average Bonchev–Trinajstić information content (AvgIpc) is 3.05. The van der Waals surface area contributed by atoms with Crippen LogP contribution in [0.3, 0.4) is 0 Å². The lowest BCUT2D eigenvalue weighted by molar-refractivity contribution is -0.144. The Labute approximate surface area is 259 Å². The fraction of sp³-hybridized carbons (Fsp3) is 0.270. The number of ether oxygens (including phenoxy) is 4. The maximum Gasteiger partial charge on any atom is 0.335 e. The van der Waals surface area contributed by atoms with Gasteiger partial charge in [-0.05, 0) is 84.2 Å². The van der Waals surface area contributed by atoms with E-state index in [9.17, 15) is 14.4 Å². The highest BCUT2D eigenvalue weighted by Gasteiger charge is 2.13. The zero-order valence-corrected chi connectivity index (χ0v) is 25.5. The average molecular weight is 597 g/mol. The van der Waals surface area contributed by atoms with Gasteiger partial charge in [-0.15, -0.1) is 0 Å². The van der Waals surface area contributed by atoms with E-state index in [1.54, 1.807) is 12.1 Å². The van der Waals surface area contributed by atoms with Crippen molar-refractivity contribution < 1.29 is 33.3 Å². The van der Waals surface area contributed by atoms with Crippen LogP contribution in [0, 0.1) is 0 Å². The normalized spacial score (nSPS) is 10.7. The molecule has 3 aromatic rings. The summed E-state index contributed by atoms with van der Waals surface area (Å²) in [5.41, 5.74) is 5.77. The molecule has 0 aliphatic rings. The Balaban J connectivity index is 1.42. The van der Waals surface area contributed by atoms with Crippen LogP contribution >= 0.6 is 0 Å². The standard InChI is InChI=1S/C37H40O7/c1-5-29-26-32(16-15-30(29)14-11-28-12-19-34(20-13-28)44-35(38)6-2)31-17-21-33(22-18-31)42-23-9-7-8-10-24-43-37(40)27(3)25-36(39)41-4/h6,11-22,26H,2-3,5,7-10,23-25H2,1,4H3/b14-11+. The molecule has 44 heavy (non-hydrogen) atoms. The van der Waals surface area contributed by atoms with Crippen LogP contribution in [0.25, 0.3) is 23.3 Å². The second-order valence-corrected chi connectivity index (χ2v) is 10.1. The van der Waals surface area contributed by atoms with Gasteiger partial charge in [0.25, 0.3) is 0 Å². The van der Waals surface area contributed by atoms with Crippen molar-refractivity contribution in [1.29, 1.82) is 0 Å². The van der Waals surface area contributed by atoms with Crippen molar-refractivity contribution in [2.24, 2.45) is 0 Å². The highest BCUT2D eigenvalue weighted by molar-refractivity contribution is 5.93. The van der Waals surface area contributed by atoms with E-state index < -0.39 is 17.9 Å². The highest BCUT2D eigenvalue weighted by Crippen LogP contribution is 2.26.